The Balaban J connectivity index is 1.71. The van der Waals surface area contributed by atoms with Crippen LogP contribution in [0.25, 0.3) is 0 Å². The van der Waals surface area contributed by atoms with Crippen molar-refractivity contribution in [3.8, 4) is 5.75 Å². The quantitative estimate of drug-likeness (QED) is 0.511. The van der Waals surface area contributed by atoms with Crippen LogP contribution < -0.4 is 9.64 Å². The van der Waals surface area contributed by atoms with Crippen LogP contribution in [0.2, 0.25) is 0 Å². The van der Waals surface area contributed by atoms with E-state index in [1.165, 1.54) is 4.90 Å². The number of rotatable bonds is 8. The summed E-state index contributed by atoms with van der Waals surface area (Å²) in [6, 6.07) is 23.9. The lowest BCUT2D eigenvalue weighted by atomic mass is 9.93. The molecule has 0 fully saturated rings. The van der Waals surface area contributed by atoms with E-state index in [2.05, 4.69) is 6.92 Å². The molecule has 0 aromatic heterocycles. The lowest BCUT2D eigenvalue weighted by Crippen LogP contribution is -2.31. The first-order chi connectivity index (χ1) is 16.0. The van der Waals surface area contributed by atoms with Gasteiger partial charge in [-0.15, -0.1) is 0 Å². The number of methoxy groups -OCH3 is 1. The van der Waals surface area contributed by atoms with Gasteiger partial charge in [-0.05, 0) is 53.8 Å². The van der Waals surface area contributed by atoms with Gasteiger partial charge in [-0.2, -0.15) is 0 Å². The molecule has 1 N–H and O–H groups in total. The molecule has 1 aliphatic heterocycles. The third-order valence-electron chi connectivity index (χ3n) is 6.05. The molecule has 0 saturated carbocycles. The lowest BCUT2D eigenvalue weighted by molar-refractivity contribution is -0.118. The number of aliphatic hydroxyl groups excluding tert-OH is 1. The van der Waals surface area contributed by atoms with Crippen LogP contribution in [0.15, 0.2) is 90.2 Å². The number of ketones is 1. The van der Waals surface area contributed by atoms with Gasteiger partial charge in [0, 0.05) is 12.1 Å². The second-order valence-corrected chi connectivity index (χ2v) is 8.04. The number of hydrogen-bond acceptors (Lipinski definition) is 4. The van der Waals surface area contributed by atoms with Crippen molar-refractivity contribution in [2.24, 2.45) is 0 Å². The van der Waals surface area contributed by atoms with Crippen molar-refractivity contribution in [2.45, 2.75) is 32.2 Å². The van der Waals surface area contributed by atoms with Crippen LogP contribution in [0.5, 0.6) is 5.75 Å². The van der Waals surface area contributed by atoms with Crippen LogP contribution >= 0.6 is 0 Å². The number of aliphatic hydroxyl groups is 1. The number of nitrogens with zero attached hydrogens (tertiary/aromatic N) is 1. The van der Waals surface area contributed by atoms with Gasteiger partial charge in [0.25, 0.3) is 5.91 Å². The number of ether oxygens (including phenoxy) is 1. The van der Waals surface area contributed by atoms with E-state index in [4.69, 9.17) is 4.74 Å². The number of carbonyl (C=O) groups excluding carboxylic acids is 2. The number of anilines is 1. The van der Waals surface area contributed by atoms with Crippen LogP contribution in [0, 0.1) is 0 Å². The molecule has 168 valence electrons. The molecule has 5 heteroatoms. The van der Waals surface area contributed by atoms with Crippen molar-refractivity contribution in [1.82, 2.24) is 0 Å². The van der Waals surface area contributed by atoms with E-state index in [-0.39, 0.29) is 17.8 Å². The number of carbonyl (C=O) groups is 2. The summed E-state index contributed by atoms with van der Waals surface area (Å²) in [4.78, 5) is 28.0. The fraction of sp³-hybridized carbons (Fsp3) is 0.214. The van der Waals surface area contributed by atoms with Crippen LogP contribution in [-0.4, -0.2) is 23.9 Å². The van der Waals surface area contributed by atoms with Crippen LogP contribution in [0.3, 0.4) is 0 Å². The van der Waals surface area contributed by atoms with Gasteiger partial charge in [-0.1, -0.05) is 61.5 Å². The average molecular weight is 442 g/mol. The smallest absolute Gasteiger partial charge is 0.294 e. The molecule has 4 rings (SSSR count). The molecule has 0 aliphatic carbocycles. The molecule has 0 spiro atoms. The number of hydrogen-bond donors (Lipinski definition) is 1. The molecule has 1 atom stereocenters. The lowest BCUT2D eigenvalue weighted by Gasteiger charge is -2.27. The third-order valence-corrected chi connectivity index (χ3v) is 6.05. The second kappa shape index (κ2) is 9.74. The molecule has 0 radical (unpaired) electrons. The Bertz CT molecular complexity index is 1160. The second-order valence-electron chi connectivity index (χ2n) is 8.04. The molecular formula is C28H27NO4. The van der Waals surface area contributed by atoms with Crippen molar-refractivity contribution >= 4 is 17.4 Å². The predicted molar refractivity (Wildman–Crippen MR) is 128 cm³/mol. The van der Waals surface area contributed by atoms with E-state index < -0.39 is 17.7 Å². The van der Waals surface area contributed by atoms with Crippen LogP contribution in [0.1, 0.15) is 36.1 Å². The largest absolute Gasteiger partial charge is 0.503 e. The van der Waals surface area contributed by atoms with Gasteiger partial charge >= 0.3 is 0 Å². The molecule has 1 heterocycles. The van der Waals surface area contributed by atoms with E-state index in [1.54, 1.807) is 19.2 Å². The molecule has 33 heavy (non-hydrogen) atoms. The standard InChI is InChI=1S/C28H27NO4/c1-3-19-9-14-22(15-10-19)29-26(21-12-16-23(33-2)17-13-21)25(27(31)28(29)32)24(30)18-11-20-7-5-4-6-8-20/h4-10,12-17,26,31H,3,11,18H2,1-2H3. The van der Waals surface area contributed by atoms with Gasteiger partial charge in [0.05, 0.1) is 18.7 Å². The highest BCUT2D eigenvalue weighted by molar-refractivity contribution is 6.16. The Morgan fingerprint density at radius 3 is 2.21 bits per heavy atom. The minimum absolute atomic E-state index is 0.140. The van der Waals surface area contributed by atoms with E-state index in [1.807, 2.05) is 66.7 Å². The molecule has 3 aromatic carbocycles. The summed E-state index contributed by atoms with van der Waals surface area (Å²) < 4.78 is 5.26. The number of amides is 1. The molecule has 1 amide bonds. The fourth-order valence-corrected chi connectivity index (χ4v) is 4.19. The zero-order valence-corrected chi connectivity index (χ0v) is 18.8. The minimum atomic E-state index is -0.709. The Morgan fingerprint density at radius 1 is 0.939 bits per heavy atom. The van der Waals surface area contributed by atoms with Crippen molar-refractivity contribution in [3.63, 3.8) is 0 Å². The Kier molecular flexibility index (Phi) is 6.59. The minimum Gasteiger partial charge on any atom is -0.503 e. The highest BCUT2D eigenvalue weighted by Crippen LogP contribution is 2.41. The maximum absolute atomic E-state index is 13.3. The monoisotopic (exact) mass is 441 g/mol. The van der Waals surface area contributed by atoms with E-state index in [0.717, 1.165) is 23.1 Å². The average Bonchev–Trinajstić information content (AvgIpc) is 3.13. The Hall–Kier alpha value is -3.86. The van der Waals surface area contributed by atoms with Crippen LogP contribution in [0.4, 0.5) is 5.69 Å². The molecule has 0 saturated heterocycles. The molecule has 0 bridgehead atoms. The topological polar surface area (TPSA) is 66.8 Å². The first-order valence-corrected chi connectivity index (χ1v) is 11.1. The van der Waals surface area contributed by atoms with Crippen molar-refractivity contribution in [2.75, 3.05) is 12.0 Å². The summed E-state index contributed by atoms with van der Waals surface area (Å²) in [5, 5.41) is 10.8. The molecular weight excluding hydrogens is 414 g/mol. The summed E-state index contributed by atoms with van der Waals surface area (Å²) >= 11 is 0. The van der Waals surface area contributed by atoms with Crippen molar-refractivity contribution < 1.29 is 19.4 Å². The third kappa shape index (κ3) is 4.53. The predicted octanol–water partition coefficient (Wildman–Crippen LogP) is 5.36. The van der Waals surface area contributed by atoms with Crippen molar-refractivity contribution in [1.29, 1.82) is 0 Å². The normalized spacial score (nSPS) is 15.8. The molecule has 3 aromatic rings. The molecule has 5 nitrogen and oxygen atoms in total. The summed E-state index contributed by atoms with van der Waals surface area (Å²) in [7, 11) is 1.58. The summed E-state index contributed by atoms with van der Waals surface area (Å²) in [6.45, 7) is 2.06. The van der Waals surface area contributed by atoms with Gasteiger partial charge in [0.15, 0.2) is 11.5 Å². The maximum Gasteiger partial charge on any atom is 0.294 e. The highest BCUT2D eigenvalue weighted by Gasteiger charge is 2.44. The fourth-order valence-electron chi connectivity index (χ4n) is 4.19. The van der Waals surface area contributed by atoms with Gasteiger partial charge in [0.1, 0.15) is 5.75 Å². The summed E-state index contributed by atoms with van der Waals surface area (Å²) in [5.41, 5.74) is 3.68. The van der Waals surface area contributed by atoms with Gasteiger partial charge in [0.2, 0.25) is 0 Å². The van der Waals surface area contributed by atoms with E-state index in [0.29, 0.717) is 17.9 Å². The zero-order valence-electron chi connectivity index (χ0n) is 18.8. The van der Waals surface area contributed by atoms with Gasteiger partial charge < -0.3 is 9.84 Å². The summed E-state index contributed by atoms with van der Waals surface area (Å²) in [6.07, 6.45) is 1.61. The number of benzene rings is 3. The molecule has 1 aliphatic rings. The van der Waals surface area contributed by atoms with Crippen LogP contribution in [-0.2, 0) is 22.4 Å². The Labute approximate surface area is 193 Å². The Morgan fingerprint density at radius 2 is 1.61 bits per heavy atom. The number of Topliss-reactive ketones (excluding diaryl/α,β-unsaturated/α-hetero) is 1. The number of aryl methyl sites for hydroxylation is 2. The SMILES string of the molecule is CCc1ccc(N2C(=O)C(O)=C(C(=O)CCc3ccccc3)C2c2ccc(OC)cc2)cc1. The highest BCUT2D eigenvalue weighted by atomic mass is 16.5. The maximum atomic E-state index is 13.3. The van der Waals surface area contributed by atoms with Gasteiger partial charge in [-0.25, -0.2) is 0 Å². The first kappa shape index (κ1) is 22.3. The molecule has 1 unspecified atom stereocenters. The van der Waals surface area contributed by atoms with Crippen molar-refractivity contribution in [3.05, 3.63) is 107 Å². The zero-order chi connectivity index (χ0) is 23.4. The van der Waals surface area contributed by atoms with Gasteiger partial charge in [-0.3, -0.25) is 14.5 Å². The first-order valence-electron chi connectivity index (χ1n) is 11.1. The summed E-state index contributed by atoms with van der Waals surface area (Å²) in [5.74, 6) is -0.609. The van der Waals surface area contributed by atoms with E-state index in [9.17, 15) is 14.7 Å². The van der Waals surface area contributed by atoms with E-state index >= 15 is 0 Å².